The van der Waals surface area contributed by atoms with Crippen LogP contribution in [0.3, 0.4) is 0 Å². The number of methoxy groups -OCH3 is 1. The zero-order valence-electron chi connectivity index (χ0n) is 16.5. The van der Waals surface area contributed by atoms with Gasteiger partial charge in [-0.1, -0.05) is 18.2 Å². The highest BCUT2D eigenvalue weighted by Gasteiger charge is 2.28. The van der Waals surface area contributed by atoms with Gasteiger partial charge in [0.15, 0.2) is 17.4 Å². The third-order valence-corrected chi connectivity index (χ3v) is 4.91. The summed E-state index contributed by atoms with van der Waals surface area (Å²) in [5.41, 5.74) is -0.335. The van der Waals surface area contributed by atoms with Crippen molar-refractivity contribution in [1.29, 1.82) is 0 Å². The van der Waals surface area contributed by atoms with Gasteiger partial charge in [0.2, 0.25) is 6.30 Å². The highest BCUT2D eigenvalue weighted by Crippen LogP contribution is 2.34. The number of fused-ring (bicyclic) bond motifs is 1. The second-order valence-electron chi connectivity index (χ2n) is 6.85. The van der Waals surface area contributed by atoms with Crippen LogP contribution in [0, 0.1) is 11.6 Å². The van der Waals surface area contributed by atoms with Crippen molar-refractivity contribution in [3.05, 3.63) is 77.1 Å². The number of hydrogen-bond acceptors (Lipinski definition) is 5. The Morgan fingerprint density at radius 2 is 1.94 bits per heavy atom. The Morgan fingerprint density at radius 3 is 2.62 bits per heavy atom. The van der Waals surface area contributed by atoms with Gasteiger partial charge < -0.3 is 19.4 Å². The first-order valence-corrected chi connectivity index (χ1v) is 9.30. The second kappa shape index (κ2) is 8.22. The minimum Gasteiger partial charge on any atom is -0.491 e. The summed E-state index contributed by atoms with van der Waals surface area (Å²) >= 11 is 0. The fourth-order valence-corrected chi connectivity index (χ4v) is 3.41. The molecule has 3 aromatic rings. The van der Waals surface area contributed by atoms with Crippen LogP contribution in [0.5, 0.6) is 5.75 Å². The van der Waals surface area contributed by atoms with Crippen molar-refractivity contribution in [3.8, 4) is 5.75 Å². The Morgan fingerprint density at radius 1 is 1.19 bits per heavy atom. The standard InChI is InChI=1S/C22H15F3N2O5/c1-31-20-15(23)7-6-13(18(20)24)21(25)27-9-14(12-4-2-3-5-16(12)27)19(29)22(30)26-11-8-17(28)32-10-11/h2-9,21H,10H2,1H3,(H,26,30). The van der Waals surface area contributed by atoms with Gasteiger partial charge in [-0.15, -0.1) is 0 Å². The molecule has 1 atom stereocenters. The molecule has 2 heterocycles. The number of carbonyl (C=O) groups excluding carboxylic acids is 3. The van der Waals surface area contributed by atoms with Crippen molar-refractivity contribution in [3.63, 3.8) is 0 Å². The average molecular weight is 444 g/mol. The maximum atomic E-state index is 15.4. The van der Waals surface area contributed by atoms with E-state index in [1.165, 1.54) is 12.1 Å². The van der Waals surface area contributed by atoms with Crippen LogP contribution in [0.15, 0.2) is 54.4 Å². The number of nitrogens with zero attached hydrogens (tertiary/aromatic N) is 1. The highest BCUT2D eigenvalue weighted by molar-refractivity contribution is 6.45. The van der Waals surface area contributed by atoms with E-state index in [2.05, 4.69) is 14.8 Å². The van der Waals surface area contributed by atoms with Crippen molar-refractivity contribution in [2.24, 2.45) is 0 Å². The molecule has 1 aliphatic heterocycles. The summed E-state index contributed by atoms with van der Waals surface area (Å²) in [6, 6.07) is 7.96. The Labute approximate surface area is 179 Å². The topological polar surface area (TPSA) is 86.6 Å². The number of cyclic esters (lactones) is 1. The van der Waals surface area contributed by atoms with E-state index >= 15 is 4.39 Å². The Balaban J connectivity index is 1.74. The summed E-state index contributed by atoms with van der Waals surface area (Å²) in [6.07, 6.45) is -0.0314. The molecule has 0 fully saturated rings. The van der Waals surface area contributed by atoms with Crippen LogP contribution in [0.1, 0.15) is 22.2 Å². The number of hydrogen-bond donors (Lipinski definition) is 1. The van der Waals surface area contributed by atoms with E-state index < -0.39 is 46.9 Å². The molecule has 0 saturated carbocycles. The number of esters is 1. The number of ketones is 1. The zero-order chi connectivity index (χ0) is 23.0. The third-order valence-electron chi connectivity index (χ3n) is 4.91. The number of para-hydroxylation sites is 1. The van der Waals surface area contributed by atoms with Crippen molar-refractivity contribution >= 4 is 28.6 Å². The second-order valence-corrected chi connectivity index (χ2v) is 6.85. The largest absolute Gasteiger partial charge is 0.491 e. The summed E-state index contributed by atoms with van der Waals surface area (Å²) in [7, 11) is 1.05. The van der Waals surface area contributed by atoms with E-state index in [4.69, 9.17) is 0 Å². The lowest BCUT2D eigenvalue weighted by Crippen LogP contribution is -2.31. The van der Waals surface area contributed by atoms with Crippen LogP contribution < -0.4 is 10.1 Å². The fraction of sp³-hybridized carbons (Fsp3) is 0.136. The molecule has 32 heavy (non-hydrogen) atoms. The molecule has 0 bridgehead atoms. The molecule has 0 aliphatic carbocycles. The third kappa shape index (κ3) is 3.59. The summed E-state index contributed by atoms with van der Waals surface area (Å²) in [6.45, 7) is -0.183. The monoisotopic (exact) mass is 444 g/mol. The molecule has 0 spiro atoms. The Bertz CT molecular complexity index is 1300. The number of carbonyl (C=O) groups is 3. The summed E-state index contributed by atoms with van der Waals surface area (Å²) in [5.74, 6) is -5.65. The molecule has 2 aromatic carbocycles. The van der Waals surface area contributed by atoms with Gasteiger partial charge in [0.05, 0.1) is 23.9 Å². The van der Waals surface area contributed by atoms with Gasteiger partial charge in [-0.05, 0) is 18.2 Å². The fourth-order valence-electron chi connectivity index (χ4n) is 3.41. The molecule has 10 heteroatoms. The van der Waals surface area contributed by atoms with Gasteiger partial charge in [0, 0.05) is 23.2 Å². The van der Waals surface area contributed by atoms with Crippen molar-refractivity contribution in [2.75, 3.05) is 13.7 Å². The van der Waals surface area contributed by atoms with Gasteiger partial charge >= 0.3 is 5.97 Å². The van der Waals surface area contributed by atoms with Crippen molar-refractivity contribution < 1.29 is 37.0 Å². The van der Waals surface area contributed by atoms with E-state index in [-0.39, 0.29) is 28.8 Å². The molecule has 1 aliphatic rings. The SMILES string of the molecule is COc1c(F)ccc(C(F)n2cc(C(=O)C(=O)NC3=CC(=O)OC3)c3ccccc32)c1F. The Hall–Kier alpha value is -4.08. The van der Waals surface area contributed by atoms with Crippen molar-refractivity contribution in [2.45, 2.75) is 6.30 Å². The summed E-state index contributed by atoms with van der Waals surface area (Å²) in [4.78, 5) is 36.3. The molecule has 0 radical (unpaired) electrons. The van der Waals surface area contributed by atoms with Crippen LogP contribution in [0.2, 0.25) is 0 Å². The maximum Gasteiger partial charge on any atom is 0.333 e. The average Bonchev–Trinajstić information content (AvgIpc) is 3.36. The highest BCUT2D eigenvalue weighted by atomic mass is 19.1. The van der Waals surface area contributed by atoms with E-state index in [0.717, 1.165) is 36.1 Å². The first-order valence-electron chi connectivity index (χ1n) is 9.30. The number of amides is 1. The molecule has 1 unspecified atom stereocenters. The van der Waals surface area contributed by atoms with Crippen LogP contribution >= 0.6 is 0 Å². The molecule has 7 nitrogen and oxygen atoms in total. The maximum absolute atomic E-state index is 15.4. The first-order chi connectivity index (χ1) is 15.3. The van der Waals surface area contributed by atoms with Crippen LogP contribution in [-0.4, -0.2) is 35.9 Å². The number of aromatic nitrogens is 1. The molecular weight excluding hydrogens is 429 g/mol. The smallest absolute Gasteiger partial charge is 0.333 e. The van der Waals surface area contributed by atoms with Gasteiger partial charge in [-0.3, -0.25) is 9.59 Å². The number of rotatable bonds is 6. The van der Waals surface area contributed by atoms with Gasteiger partial charge in [0.25, 0.3) is 11.7 Å². The molecule has 0 saturated heterocycles. The molecule has 1 N–H and O–H groups in total. The predicted molar refractivity (Wildman–Crippen MR) is 106 cm³/mol. The summed E-state index contributed by atoms with van der Waals surface area (Å²) in [5, 5.41) is 2.53. The van der Waals surface area contributed by atoms with Gasteiger partial charge in [-0.25, -0.2) is 18.0 Å². The van der Waals surface area contributed by atoms with Gasteiger partial charge in [0.1, 0.15) is 6.61 Å². The lowest BCUT2D eigenvalue weighted by molar-refractivity contribution is -0.135. The Kier molecular flexibility index (Phi) is 5.43. The van der Waals surface area contributed by atoms with E-state index in [1.54, 1.807) is 12.1 Å². The quantitative estimate of drug-likeness (QED) is 0.359. The number of alkyl halides is 1. The number of halogens is 3. The number of Topliss-reactive ketones (excluding diaryl/α,β-unsaturated/α-hetero) is 1. The molecule has 4 rings (SSSR count). The number of benzene rings is 2. The minimum atomic E-state index is -2.15. The van der Waals surface area contributed by atoms with Crippen LogP contribution in [0.25, 0.3) is 10.9 Å². The molecular formula is C22H15F3N2O5. The zero-order valence-corrected chi connectivity index (χ0v) is 16.5. The summed E-state index contributed by atoms with van der Waals surface area (Å²) < 4.78 is 54.1. The lowest BCUT2D eigenvalue weighted by Gasteiger charge is -2.15. The molecule has 1 amide bonds. The van der Waals surface area contributed by atoms with Crippen LogP contribution in [0.4, 0.5) is 13.2 Å². The molecule has 164 valence electrons. The van der Waals surface area contributed by atoms with Crippen LogP contribution in [-0.2, 0) is 14.3 Å². The van der Waals surface area contributed by atoms with E-state index in [1.807, 2.05) is 0 Å². The van der Waals surface area contributed by atoms with E-state index in [9.17, 15) is 23.2 Å². The first kappa shape index (κ1) is 21.2. The van der Waals surface area contributed by atoms with Crippen molar-refractivity contribution in [1.82, 2.24) is 9.88 Å². The van der Waals surface area contributed by atoms with E-state index in [0.29, 0.717) is 0 Å². The molecule has 1 aromatic heterocycles. The normalized spacial score (nSPS) is 14.1. The predicted octanol–water partition coefficient (Wildman–Crippen LogP) is 3.18. The van der Waals surface area contributed by atoms with Gasteiger partial charge in [-0.2, -0.15) is 0 Å². The lowest BCUT2D eigenvalue weighted by atomic mass is 10.1. The number of nitrogens with one attached hydrogen (secondary N) is 1. The minimum absolute atomic E-state index is 0.112. The number of ether oxygens (including phenoxy) is 2.